The van der Waals surface area contributed by atoms with Crippen molar-refractivity contribution in [2.75, 3.05) is 0 Å². The minimum absolute atomic E-state index is 0.00723. The molecule has 0 aliphatic heterocycles. The summed E-state index contributed by atoms with van der Waals surface area (Å²) in [6, 6.07) is 5.12. The number of aromatic hydroxyl groups is 4. The number of hydrogen-bond donors (Lipinski definition) is 4. The summed E-state index contributed by atoms with van der Waals surface area (Å²) in [5.74, 6) is -1.56. The predicted octanol–water partition coefficient (Wildman–Crippen LogP) is 3.99. The van der Waals surface area contributed by atoms with Gasteiger partial charge in [-0.05, 0) is 35.1 Å². The van der Waals surface area contributed by atoms with Crippen molar-refractivity contribution in [2.45, 2.75) is 39.5 Å². The molecule has 2 aromatic rings. The Balaban J connectivity index is 2.61. The lowest BCUT2D eigenvalue weighted by molar-refractivity contribution is 0.103. The highest BCUT2D eigenvalue weighted by molar-refractivity contribution is 6.12. The largest absolute Gasteiger partial charge is 0.508 e. The molecule has 0 aliphatic rings. The van der Waals surface area contributed by atoms with Crippen LogP contribution in [0, 0.1) is 0 Å². The number of phenols is 4. The zero-order chi connectivity index (χ0) is 18.2. The Kier molecular flexibility index (Phi) is 4.73. The third-order valence-electron chi connectivity index (χ3n) is 4.02. The van der Waals surface area contributed by atoms with Gasteiger partial charge < -0.3 is 20.4 Å². The summed E-state index contributed by atoms with van der Waals surface area (Å²) in [7, 11) is 0. The predicted molar refractivity (Wildman–Crippen MR) is 91.2 cm³/mol. The van der Waals surface area contributed by atoms with Crippen molar-refractivity contribution >= 4 is 5.78 Å². The van der Waals surface area contributed by atoms with Gasteiger partial charge in [-0.15, -0.1) is 0 Å². The highest BCUT2D eigenvalue weighted by Gasteiger charge is 2.22. The number of benzene rings is 2. The van der Waals surface area contributed by atoms with Gasteiger partial charge in [-0.3, -0.25) is 4.79 Å². The van der Waals surface area contributed by atoms with E-state index in [2.05, 4.69) is 0 Å². The van der Waals surface area contributed by atoms with Gasteiger partial charge in [-0.1, -0.05) is 27.7 Å². The van der Waals surface area contributed by atoms with E-state index in [1.165, 1.54) is 12.1 Å². The van der Waals surface area contributed by atoms with Crippen LogP contribution in [0.3, 0.4) is 0 Å². The molecule has 0 unspecified atom stereocenters. The quantitative estimate of drug-likeness (QED) is 0.636. The zero-order valence-electron chi connectivity index (χ0n) is 14.2. The molecule has 5 heteroatoms. The number of hydrogen-bond acceptors (Lipinski definition) is 5. The van der Waals surface area contributed by atoms with E-state index in [1.54, 1.807) is 0 Å². The monoisotopic (exact) mass is 330 g/mol. The fourth-order valence-electron chi connectivity index (χ4n) is 2.62. The van der Waals surface area contributed by atoms with Gasteiger partial charge in [-0.2, -0.15) is 0 Å². The van der Waals surface area contributed by atoms with E-state index in [4.69, 9.17) is 0 Å². The van der Waals surface area contributed by atoms with Crippen LogP contribution >= 0.6 is 0 Å². The van der Waals surface area contributed by atoms with Gasteiger partial charge >= 0.3 is 0 Å². The van der Waals surface area contributed by atoms with Gasteiger partial charge in [0.05, 0.1) is 11.1 Å². The van der Waals surface area contributed by atoms with Gasteiger partial charge in [0.25, 0.3) is 0 Å². The Morgan fingerprint density at radius 2 is 1.00 bits per heavy atom. The van der Waals surface area contributed by atoms with E-state index in [0.717, 1.165) is 12.1 Å². The summed E-state index contributed by atoms with van der Waals surface area (Å²) in [5, 5.41) is 39.9. The summed E-state index contributed by atoms with van der Waals surface area (Å²) in [5.41, 5.74) is 1.04. The molecular formula is C19H22O5. The summed E-state index contributed by atoms with van der Waals surface area (Å²) in [6.45, 7) is 7.43. The second-order valence-corrected chi connectivity index (χ2v) is 6.49. The van der Waals surface area contributed by atoms with Crippen molar-refractivity contribution in [2.24, 2.45) is 0 Å². The number of rotatable bonds is 4. The van der Waals surface area contributed by atoms with Crippen LogP contribution in [0.15, 0.2) is 24.3 Å². The lowest BCUT2D eigenvalue weighted by Gasteiger charge is -2.15. The van der Waals surface area contributed by atoms with E-state index >= 15 is 0 Å². The Morgan fingerprint density at radius 3 is 1.29 bits per heavy atom. The van der Waals surface area contributed by atoms with Crippen molar-refractivity contribution < 1.29 is 25.2 Å². The summed E-state index contributed by atoms with van der Waals surface area (Å²) in [4.78, 5) is 12.8. The second kappa shape index (κ2) is 6.43. The third-order valence-corrected chi connectivity index (χ3v) is 4.02. The molecule has 0 atom stereocenters. The first-order chi connectivity index (χ1) is 11.1. The molecule has 24 heavy (non-hydrogen) atoms. The third kappa shape index (κ3) is 3.15. The van der Waals surface area contributed by atoms with Crippen LogP contribution in [-0.4, -0.2) is 26.2 Å². The topological polar surface area (TPSA) is 98.0 Å². The standard InChI is InChI=1S/C19H22O5/c1-9(2)11-5-13(17(22)7-15(11)20)19(24)14-6-12(10(3)4)16(21)8-18(14)23/h5-10,20-23H,1-4H3. The van der Waals surface area contributed by atoms with Crippen LogP contribution < -0.4 is 0 Å². The van der Waals surface area contributed by atoms with Crippen LogP contribution in [0.1, 0.15) is 66.6 Å². The average Bonchev–Trinajstić information content (AvgIpc) is 2.45. The molecule has 0 radical (unpaired) electrons. The van der Waals surface area contributed by atoms with Crippen LogP contribution in [-0.2, 0) is 0 Å². The van der Waals surface area contributed by atoms with Gasteiger partial charge in [0.15, 0.2) is 5.78 Å². The van der Waals surface area contributed by atoms with Crippen molar-refractivity contribution in [3.63, 3.8) is 0 Å². The molecule has 0 amide bonds. The van der Waals surface area contributed by atoms with Crippen LogP contribution in [0.5, 0.6) is 23.0 Å². The molecule has 128 valence electrons. The maximum absolute atomic E-state index is 12.8. The maximum Gasteiger partial charge on any atom is 0.200 e. The van der Waals surface area contributed by atoms with Crippen molar-refractivity contribution in [3.8, 4) is 23.0 Å². The maximum atomic E-state index is 12.8. The number of carbonyl (C=O) groups is 1. The summed E-state index contributed by atoms with van der Waals surface area (Å²) < 4.78 is 0. The molecule has 4 N–H and O–H groups in total. The van der Waals surface area contributed by atoms with E-state index in [0.29, 0.717) is 11.1 Å². The first kappa shape index (κ1) is 17.7. The van der Waals surface area contributed by atoms with Gasteiger partial charge in [0, 0.05) is 12.1 Å². The Morgan fingerprint density at radius 1 is 0.667 bits per heavy atom. The number of ketones is 1. The van der Waals surface area contributed by atoms with Crippen molar-refractivity contribution in [1.82, 2.24) is 0 Å². The fraction of sp³-hybridized carbons (Fsp3) is 0.316. The Labute approximate surface area is 140 Å². The van der Waals surface area contributed by atoms with Crippen molar-refractivity contribution in [1.29, 1.82) is 0 Å². The molecule has 0 spiro atoms. The number of phenolic OH excluding ortho intramolecular Hbond substituents is 4. The molecule has 0 aromatic heterocycles. The Hall–Kier alpha value is -2.69. The molecule has 5 nitrogen and oxygen atoms in total. The van der Waals surface area contributed by atoms with Crippen LogP contribution in [0.4, 0.5) is 0 Å². The van der Waals surface area contributed by atoms with E-state index < -0.39 is 5.78 Å². The smallest absolute Gasteiger partial charge is 0.200 e. The fourth-order valence-corrected chi connectivity index (χ4v) is 2.62. The first-order valence-electron chi connectivity index (χ1n) is 7.79. The molecular weight excluding hydrogens is 308 g/mol. The summed E-state index contributed by atoms with van der Waals surface area (Å²) in [6.07, 6.45) is 0. The SMILES string of the molecule is CC(C)c1cc(C(=O)c2cc(C(C)C)c(O)cc2O)c(O)cc1O. The van der Waals surface area contributed by atoms with Gasteiger partial charge in [0.2, 0.25) is 0 Å². The van der Waals surface area contributed by atoms with Crippen molar-refractivity contribution in [3.05, 3.63) is 46.5 Å². The minimum Gasteiger partial charge on any atom is -0.508 e. The van der Waals surface area contributed by atoms with E-state index in [1.807, 2.05) is 27.7 Å². The zero-order valence-corrected chi connectivity index (χ0v) is 14.2. The Bertz CT molecular complexity index is 725. The lowest BCUT2D eigenvalue weighted by Crippen LogP contribution is -2.05. The first-order valence-corrected chi connectivity index (χ1v) is 7.79. The molecule has 2 aromatic carbocycles. The van der Waals surface area contributed by atoms with E-state index in [-0.39, 0.29) is 46.0 Å². The average molecular weight is 330 g/mol. The van der Waals surface area contributed by atoms with Gasteiger partial charge in [0.1, 0.15) is 23.0 Å². The highest BCUT2D eigenvalue weighted by atomic mass is 16.3. The molecule has 0 bridgehead atoms. The molecule has 0 fully saturated rings. The van der Waals surface area contributed by atoms with Crippen LogP contribution in [0.25, 0.3) is 0 Å². The molecule has 2 rings (SSSR count). The molecule has 0 aliphatic carbocycles. The molecule has 0 saturated carbocycles. The normalized spacial score (nSPS) is 11.2. The van der Waals surface area contributed by atoms with Gasteiger partial charge in [-0.25, -0.2) is 0 Å². The number of carbonyl (C=O) groups excluding carboxylic acids is 1. The lowest BCUT2D eigenvalue weighted by atomic mass is 9.92. The summed E-state index contributed by atoms with van der Waals surface area (Å²) >= 11 is 0. The second-order valence-electron chi connectivity index (χ2n) is 6.49. The van der Waals surface area contributed by atoms with Crippen LogP contribution in [0.2, 0.25) is 0 Å². The van der Waals surface area contributed by atoms with E-state index in [9.17, 15) is 25.2 Å². The molecule has 0 heterocycles. The molecule has 0 saturated heterocycles. The highest BCUT2D eigenvalue weighted by Crippen LogP contribution is 2.37. The minimum atomic E-state index is -0.575.